The second kappa shape index (κ2) is 3.67. The topological polar surface area (TPSA) is 58.6 Å². The Kier molecular flexibility index (Phi) is 2.37. The molecule has 4 nitrogen and oxygen atoms in total. The summed E-state index contributed by atoms with van der Waals surface area (Å²) >= 11 is 0. The van der Waals surface area contributed by atoms with Crippen LogP contribution in [0.4, 0.5) is 0 Å². The minimum absolute atomic E-state index is 0.100. The summed E-state index contributed by atoms with van der Waals surface area (Å²) in [5.74, 6) is 0.117. The summed E-state index contributed by atoms with van der Waals surface area (Å²) < 4.78 is 5.10. The lowest BCUT2D eigenvalue weighted by molar-refractivity contribution is -0.131. The van der Waals surface area contributed by atoms with Crippen molar-refractivity contribution < 1.29 is 14.6 Å². The Balaban J connectivity index is 2.14. The van der Waals surface area contributed by atoms with Crippen LogP contribution in [-0.4, -0.2) is 24.2 Å². The Hall–Kier alpha value is -1.55. The highest BCUT2D eigenvalue weighted by molar-refractivity contribution is 5.78. The molecule has 0 radical (unpaired) electrons. The van der Waals surface area contributed by atoms with E-state index in [1.807, 2.05) is 0 Å². The van der Waals surface area contributed by atoms with Crippen LogP contribution in [0.25, 0.3) is 0 Å². The van der Waals surface area contributed by atoms with Gasteiger partial charge in [0.25, 0.3) is 0 Å². The quantitative estimate of drug-likeness (QED) is 0.685. The number of amides is 1. The number of ether oxygens (including phenoxy) is 1. The van der Waals surface area contributed by atoms with Gasteiger partial charge in [0.15, 0.2) is 0 Å². The highest BCUT2D eigenvalue weighted by Crippen LogP contribution is 2.18. The Labute approximate surface area is 81.5 Å². The number of nitrogens with one attached hydrogen (secondary N) is 1. The normalized spacial score (nSPS) is 21.7. The largest absolute Gasteiger partial charge is 0.508 e. The molecule has 4 heteroatoms. The number of phenolic OH excluding ortho intramolecular Hbond substituents is 1. The minimum atomic E-state index is -0.102. The first-order valence-electron chi connectivity index (χ1n) is 4.42. The maximum atomic E-state index is 11.0. The van der Waals surface area contributed by atoms with Crippen LogP contribution in [0.2, 0.25) is 0 Å². The van der Waals surface area contributed by atoms with Crippen molar-refractivity contribution in [1.29, 1.82) is 0 Å². The molecule has 0 saturated carbocycles. The summed E-state index contributed by atoms with van der Waals surface area (Å²) in [4.78, 5) is 11.0. The van der Waals surface area contributed by atoms with Crippen molar-refractivity contribution in [3.63, 3.8) is 0 Å². The number of hydrogen-bond acceptors (Lipinski definition) is 3. The van der Waals surface area contributed by atoms with Gasteiger partial charge in [-0.1, -0.05) is 12.1 Å². The third kappa shape index (κ3) is 1.85. The lowest BCUT2D eigenvalue weighted by Crippen LogP contribution is -2.39. The predicted molar refractivity (Wildman–Crippen MR) is 49.8 cm³/mol. The lowest BCUT2D eigenvalue weighted by Gasteiger charge is -2.23. The van der Waals surface area contributed by atoms with Crippen molar-refractivity contribution in [1.82, 2.24) is 5.32 Å². The fraction of sp³-hybridized carbons (Fsp3) is 0.300. The standard InChI is InChI=1S/C10H11NO3/c12-8-3-1-7(2-4-8)9-5-14-6-10(13)11-9/h1-4,9,12H,5-6H2,(H,11,13). The van der Waals surface area contributed by atoms with E-state index in [-0.39, 0.29) is 24.3 Å². The maximum absolute atomic E-state index is 11.0. The lowest BCUT2D eigenvalue weighted by atomic mass is 10.1. The zero-order chi connectivity index (χ0) is 9.97. The average molecular weight is 193 g/mol. The molecule has 1 unspecified atom stereocenters. The van der Waals surface area contributed by atoms with Crippen molar-refractivity contribution in [3.05, 3.63) is 29.8 Å². The third-order valence-corrected chi connectivity index (χ3v) is 2.15. The van der Waals surface area contributed by atoms with E-state index in [9.17, 15) is 4.79 Å². The van der Waals surface area contributed by atoms with Crippen molar-refractivity contribution >= 4 is 5.91 Å². The van der Waals surface area contributed by atoms with Crippen molar-refractivity contribution in [2.45, 2.75) is 6.04 Å². The summed E-state index contributed by atoms with van der Waals surface area (Å²) in [5.41, 5.74) is 0.941. The number of phenols is 1. The number of aromatic hydroxyl groups is 1. The zero-order valence-electron chi connectivity index (χ0n) is 7.56. The van der Waals surface area contributed by atoms with Gasteiger partial charge in [-0.05, 0) is 17.7 Å². The van der Waals surface area contributed by atoms with E-state index in [2.05, 4.69) is 5.32 Å². The summed E-state index contributed by atoms with van der Waals surface area (Å²) in [5, 5.41) is 11.9. The van der Waals surface area contributed by atoms with Crippen molar-refractivity contribution in [2.75, 3.05) is 13.2 Å². The highest BCUT2D eigenvalue weighted by Gasteiger charge is 2.19. The van der Waals surface area contributed by atoms with Gasteiger partial charge >= 0.3 is 0 Å². The SMILES string of the molecule is O=C1COCC(c2ccc(O)cc2)N1. The zero-order valence-corrected chi connectivity index (χ0v) is 7.56. The molecule has 74 valence electrons. The van der Waals surface area contributed by atoms with Gasteiger partial charge in [-0.15, -0.1) is 0 Å². The first-order valence-corrected chi connectivity index (χ1v) is 4.42. The second-order valence-corrected chi connectivity index (χ2v) is 3.23. The molecule has 0 spiro atoms. The van der Waals surface area contributed by atoms with E-state index in [1.165, 1.54) is 0 Å². The molecule has 1 amide bonds. The van der Waals surface area contributed by atoms with E-state index in [1.54, 1.807) is 24.3 Å². The first-order chi connectivity index (χ1) is 6.75. The molecule has 1 aromatic carbocycles. The molecule has 1 atom stereocenters. The molecule has 0 bridgehead atoms. The Bertz CT molecular complexity index is 334. The molecule has 1 heterocycles. The number of carbonyl (C=O) groups excluding carboxylic acids is 1. The number of hydrogen-bond donors (Lipinski definition) is 2. The van der Waals surface area contributed by atoms with Gasteiger partial charge in [-0.3, -0.25) is 4.79 Å². The molecule has 2 rings (SSSR count). The molecular weight excluding hydrogens is 182 g/mol. The molecule has 2 N–H and O–H groups in total. The molecule has 1 aromatic rings. The monoisotopic (exact) mass is 193 g/mol. The van der Waals surface area contributed by atoms with E-state index in [0.717, 1.165) is 5.56 Å². The van der Waals surface area contributed by atoms with Gasteiger partial charge in [0.1, 0.15) is 12.4 Å². The van der Waals surface area contributed by atoms with Gasteiger partial charge in [-0.25, -0.2) is 0 Å². The second-order valence-electron chi connectivity index (χ2n) is 3.23. The van der Waals surface area contributed by atoms with Crippen LogP contribution in [0.1, 0.15) is 11.6 Å². The molecule has 1 aliphatic rings. The van der Waals surface area contributed by atoms with Crippen LogP contribution in [0.3, 0.4) is 0 Å². The fourth-order valence-corrected chi connectivity index (χ4v) is 1.43. The smallest absolute Gasteiger partial charge is 0.246 e. The van der Waals surface area contributed by atoms with Gasteiger partial charge < -0.3 is 15.2 Å². The number of carbonyl (C=O) groups is 1. The van der Waals surface area contributed by atoms with Gasteiger partial charge in [0, 0.05) is 0 Å². The van der Waals surface area contributed by atoms with Crippen LogP contribution < -0.4 is 5.32 Å². The van der Waals surface area contributed by atoms with Crippen molar-refractivity contribution in [3.8, 4) is 5.75 Å². The Morgan fingerprint density at radius 1 is 1.36 bits per heavy atom. The minimum Gasteiger partial charge on any atom is -0.508 e. The van der Waals surface area contributed by atoms with Crippen LogP contribution in [0, 0.1) is 0 Å². The Morgan fingerprint density at radius 2 is 2.07 bits per heavy atom. The first kappa shape index (κ1) is 9.02. The van der Waals surface area contributed by atoms with Gasteiger partial charge in [-0.2, -0.15) is 0 Å². The average Bonchev–Trinajstić information content (AvgIpc) is 2.19. The highest BCUT2D eigenvalue weighted by atomic mass is 16.5. The van der Waals surface area contributed by atoms with Crippen LogP contribution >= 0.6 is 0 Å². The molecule has 1 saturated heterocycles. The van der Waals surface area contributed by atoms with Crippen LogP contribution in [0.15, 0.2) is 24.3 Å². The van der Waals surface area contributed by atoms with Gasteiger partial charge in [0.2, 0.25) is 5.91 Å². The van der Waals surface area contributed by atoms with Crippen molar-refractivity contribution in [2.24, 2.45) is 0 Å². The van der Waals surface area contributed by atoms with Crippen LogP contribution in [0.5, 0.6) is 5.75 Å². The van der Waals surface area contributed by atoms with E-state index < -0.39 is 0 Å². The molecule has 0 aliphatic carbocycles. The predicted octanol–water partition coefficient (Wildman–Crippen LogP) is 0.580. The maximum Gasteiger partial charge on any atom is 0.246 e. The molecule has 1 fully saturated rings. The number of rotatable bonds is 1. The Morgan fingerprint density at radius 3 is 2.71 bits per heavy atom. The molecule has 14 heavy (non-hydrogen) atoms. The third-order valence-electron chi connectivity index (χ3n) is 2.15. The fourth-order valence-electron chi connectivity index (χ4n) is 1.43. The van der Waals surface area contributed by atoms with E-state index in [0.29, 0.717) is 6.61 Å². The number of morpholine rings is 1. The van der Waals surface area contributed by atoms with Gasteiger partial charge in [0.05, 0.1) is 12.6 Å². The van der Waals surface area contributed by atoms with Crippen LogP contribution in [-0.2, 0) is 9.53 Å². The van der Waals surface area contributed by atoms with E-state index >= 15 is 0 Å². The summed E-state index contributed by atoms with van der Waals surface area (Å²) in [6, 6.07) is 6.63. The molecular formula is C10H11NO3. The number of benzene rings is 1. The molecule has 0 aromatic heterocycles. The van der Waals surface area contributed by atoms with E-state index in [4.69, 9.17) is 9.84 Å². The summed E-state index contributed by atoms with van der Waals surface area (Å²) in [6.07, 6.45) is 0. The summed E-state index contributed by atoms with van der Waals surface area (Å²) in [6.45, 7) is 0.616. The summed E-state index contributed by atoms with van der Waals surface area (Å²) in [7, 11) is 0. The molecule has 1 aliphatic heterocycles.